The van der Waals surface area contributed by atoms with Gasteiger partial charge in [-0.05, 0) is 0 Å². The zero-order valence-corrected chi connectivity index (χ0v) is 8.33. The van der Waals surface area contributed by atoms with Crippen LogP contribution in [-0.2, 0) is 6.61 Å². The Bertz CT molecular complexity index is 425. The Labute approximate surface area is 87.2 Å². The fourth-order valence-electron chi connectivity index (χ4n) is 1.24. The molecule has 1 aromatic heterocycles. The third-order valence-electron chi connectivity index (χ3n) is 1.96. The van der Waals surface area contributed by atoms with Gasteiger partial charge in [-0.1, -0.05) is 30.3 Å². The molecule has 0 saturated carbocycles. The number of aromatic nitrogens is 2. The highest BCUT2D eigenvalue weighted by atomic mass is 32.1. The number of H-pyrrole nitrogens is 1. The summed E-state index contributed by atoms with van der Waals surface area (Å²) >= 11 is 4.15. The maximum atomic E-state index is 8.96. The molecule has 0 saturated heterocycles. The number of hydrogen-bond donors (Lipinski definition) is 3. The molecule has 0 fully saturated rings. The first kappa shape index (κ1) is 9.30. The second-order valence-electron chi connectivity index (χ2n) is 2.91. The van der Waals surface area contributed by atoms with Crippen molar-refractivity contribution >= 4 is 12.6 Å². The zero-order valence-electron chi connectivity index (χ0n) is 7.44. The van der Waals surface area contributed by atoms with Crippen LogP contribution in [0.1, 0.15) is 5.69 Å². The molecule has 3 nitrogen and oxygen atoms in total. The van der Waals surface area contributed by atoms with Crippen molar-refractivity contribution in [2.24, 2.45) is 0 Å². The molecule has 0 unspecified atom stereocenters. The fourth-order valence-corrected chi connectivity index (χ4v) is 1.47. The third kappa shape index (κ3) is 1.66. The summed E-state index contributed by atoms with van der Waals surface area (Å²) < 4.78 is 0. The molecule has 0 aliphatic carbocycles. The van der Waals surface area contributed by atoms with Gasteiger partial charge in [-0.2, -0.15) is 0 Å². The summed E-state index contributed by atoms with van der Waals surface area (Å²) in [4.78, 5) is 7.21. The van der Waals surface area contributed by atoms with Gasteiger partial charge < -0.3 is 10.1 Å². The molecule has 72 valence electrons. The average Bonchev–Trinajstić information content (AvgIpc) is 2.61. The first-order chi connectivity index (χ1) is 6.81. The van der Waals surface area contributed by atoms with Crippen LogP contribution in [0.3, 0.4) is 0 Å². The lowest BCUT2D eigenvalue weighted by Crippen LogP contribution is -1.83. The molecule has 0 amide bonds. The van der Waals surface area contributed by atoms with E-state index < -0.39 is 0 Å². The molecule has 0 aliphatic heterocycles. The summed E-state index contributed by atoms with van der Waals surface area (Å²) in [6.07, 6.45) is 0. The summed E-state index contributed by atoms with van der Waals surface area (Å²) in [5, 5.41) is 9.51. The number of aromatic amines is 1. The first-order valence-corrected chi connectivity index (χ1v) is 4.70. The van der Waals surface area contributed by atoms with Crippen LogP contribution in [0.25, 0.3) is 11.4 Å². The predicted molar refractivity (Wildman–Crippen MR) is 57.2 cm³/mol. The largest absolute Gasteiger partial charge is 0.390 e. The Kier molecular flexibility index (Phi) is 2.56. The van der Waals surface area contributed by atoms with Gasteiger partial charge in [0.05, 0.1) is 12.3 Å². The molecule has 1 heterocycles. The lowest BCUT2D eigenvalue weighted by Gasteiger charge is -1.94. The highest BCUT2D eigenvalue weighted by Gasteiger charge is 2.06. The molecule has 0 spiro atoms. The molecule has 0 radical (unpaired) electrons. The summed E-state index contributed by atoms with van der Waals surface area (Å²) in [6.45, 7) is -0.0708. The number of aliphatic hydroxyl groups is 1. The number of imidazole rings is 1. The van der Waals surface area contributed by atoms with Gasteiger partial charge in [-0.3, -0.25) is 0 Å². The van der Waals surface area contributed by atoms with Crippen molar-refractivity contribution in [2.75, 3.05) is 0 Å². The number of rotatable bonds is 2. The molecule has 14 heavy (non-hydrogen) atoms. The SMILES string of the molecule is OCc1[nH]c(-c2ccccc2)nc1S. The second kappa shape index (κ2) is 3.86. The lowest BCUT2D eigenvalue weighted by molar-refractivity contribution is 0.274. The van der Waals surface area contributed by atoms with Crippen molar-refractivity contribution in [3.05, 3.63) is 36.0 Å². The highest BCUT2D eigenvalue weighted by Crippen LogP contribution is 2.19. The number of aliphatic hydroxyl groups excluding tert-OH is 1. The van der Waals surface area contributed by atoms with Crippen LogP contribution in [0.2, 0.25) is 0 Å². The minimum Gasteiger partial charge on any atom is -0.390 e. The molecule has 2 aromatic rings. The van der Waals surface area contributed by atoms with Gasteiger partial charge in [0, 0.05) is 5.56 Å². The Morgan fingerprint density at radius 3 is 2.57 bits per heavy atom. The minimum atomic E-state index is -0.0708. The van der Waals surface area contributed by atoms with Crippen molar-refractivity contribution < 1.29 is 5.11 Å². The van der Waals surface area contributed by atoms with Crippen molar-refractivity contribution in [1.29, 1.82) is 0 Å². The second-order valence-corrected chi connectivity index (χ2v) is 3.34. The lowest BCUT2D eigenvalue weighted by atomic mass is 10.2. The van der Waals surface area contributed by atoms with Crippen molar-refractivity contribution in [3.8, 4) is 11.4 Å². The van der Waals surface area contributed by atoms with E-state index in [2.05, 4.69) is 22.6 Å². The Hall–Kier alpha value is -1.26. The van der Waals surface area contributed by atoms with Gasteiger partial charge in [-0.25, -0.2) is 4.98 Å². The molecule has 0 bridgehead atoms. The number of thiol groups is 1. The standard InChI is InChI=1S/C10H10N2OS/c13-6-8-10(14)12-9(11-8)7-4-2-1-3-5-7/h1-5,13-14H,6H2,(H,11,12). The first-order valence-electron chi connectivity index (χ1n) is 4.25. The Morgan fingerprint density at radius 1 is 1.29 bits per heavy atom. The average molecular weight is 206 g/mol. The van der Waals surface area contributed by atoms with E-state index in [-0.39, 0.29) is 6.61 Å². The summed E-state index contributed by atoms with van der Waals surface area (Å²) in [6, 6.07) is 9.73. The zero-order chi connectivity index (χ0) is 9.97. The number of benzene rings is 1. The molecular formula is C10H10N2OS. The Morgan fingerprint density at radius 2 is 2.00 bits per heavy atom. The molecule has 0 atom stereocenters. The molecule has 1 aromatic carbocycles. The van der Waals surface area contributed by atoms with Crippen molar-refractivity contribution in [2.45, 2.75) is 11.6 Å². The molecule has 2 rings (SSSR count). The van der Waals surface area contributed by atoms with Gasteiger partial charge in [0.2, 0.25) is 0 Å². The summed E-state index contributed by atoms with van der Waals surface area (Å²) in [5.74, 6) is 0.736. The van der Waals surface area contributed by atoms with E-state index in [0.717, 1.165) is 11.4 Å². The van der Waals surface area contributed by atoms with Crippen LogP contribution in [0.15, 0.2) is 35.4 Å². The molecule has 2 N–H and O–H groups in total. The van der Waals surface area contributed by atoms with E-state index in [1.165, 1.54) is 0 Å². The Balaban J connectivity index is 2.43. The monoisotopic (exact) mass is 206 g/mol. The predicted octanol–water partition coefficient (Wildman–Crippen LogP) is 1.86. The van der Waals surface area contributed by atoms with Crippen LogP contribution in [-0.4, -0.2) is 15.1 Å². The van der Waals surface area contributed by atoms with Gasteiger partial charge in [0.25, 0.3) is 0 Å². The molecular weight excluding hydrogens is 196 g/mol. The maximum absolute atomic E-state index is 8.96. The van der Waals surface area contributed by atoms with Crippen LogP contribution < -0.4 is 0 Å². The quantitative estimate of drug-likeness (QED) is 0.657. The van der Waals surface area contributed by atoms with Crippen LogP contribution in [0.4, 0.5) is 0 Å². The van der Waals surface area contributed by atoms with E-state index >= 15 is 0 Å². The van der Waals surface area contributed by atoms with E-state index in [9.17, 15) is 0 Å². The highest BCUT2D eigenvalue weighted by molar-refractivity contribution is 7.80. The topological polar surface area (TPSA) is 48.9 Å². The van der Waals surface area contributed by atoms with E-state index in [1.807, 2.05) is 30.3 Å². The van der Waals surface area contributed by atoms with Crippen LogP contribution in [0, 0.1) is 0 Å². The van der Waals surface area contributed by atoms with E-state index in [1.54, 1.807) is 0 Å². The molecule has 4 heteroatoms. The van der Waals surface area contributed by atoms with Crippen LogP contribution in [0.5, 0.6) is 0 Å². The smallest absolute Gasteiger partial charge is 0.138 e. The number of hydrogen-bond acceptors (Lipinski definition) is 3. The van der Waals surface area contributed by atoms with E-state index in [0.29, 0.717) is 10.7 Å². The molecule has 0 aliphatic rings. The van der Waals surface area contributed by atoms with Crippen molar-refractivity contribution in [3.63, 3.8) is 0 Å². The summed E-state index contributed by atoms with van der Waals surface area (Å²) in [5.41, 5.74) is 1.63. The van der Waals surface area contributed by atoms with Crippen molar-refractivity contribution in [1.82, 2.24) is 9.97 Å². The minimum absolute atomic E-state index is 0.0708. The maximum Gasteiger partial charge on any atom is 0.138 e. The van der Waals surface area contributed by atoms with Gasteiger partial charge in [0.1, 0.15) is 10.9 Å². The van der Waals surface area contributed by atoms with Gasteiger partial charge >= 0.3 is 0 Å². The van der Waals surface area contributed by atoms with Gasteiger partial charge in [-0.15, -0.1) is 12.6 Å². The van der Waals surface area contributed by atoms with Crippen LogP contribution >= 0.6 is 12.6 Å². The fraction of sp³-hybridized carbons (Fsp3) is 0.100. The number of nitrogens with zero attached hydrogens (tertiary/aromatic N) is 1. The van der Waals surface area contributed by atoms with Gasteiger partial charge in [0.15, 0.2) is 0 Å². The third-order valence-corrected chi connectivity index (χ3v) is 2.33. The van der Waals surface area contributed by atoms with E-state index in [4.69, 9.17) is 5.11 Å². The summed E-state index contributed by atoms with van der Waals surface area (Å²) in [7, 11) is 0. The normalized spacial score (nSPS) is 10.4. The number of nitrogens with one attached hydrogen (secondary N) is 1.